The van der Waals surface area contributed by atoms with Crippen LogP contribution in [0.15, 0.2) is 12.3 Å². The van der Waals surface area contributed by atoms with E-state index in [1.807, 2.05) is 0 Å². The number of aliphatic hydroxyl groups is 2. The van der Waals surface area contributed by atoms with E-state index in [4.69, 9.17) is 15.2 Å². The summed E-state index contributed by atoms with van der Waals surface area (Å²) in [6, 6.07) is 1.46. The van der Waals surface area contributed by atoms with E-state index < -0.39 is 18.2 Å². The molecule has 0 radical (unpaired) electrons. The topological polar surface area (TPSA) is 115 Å². The van der Waals surface area contributed by atoms with Gasteiger partial charge in [0.05, 0.1) is 26.2 Å². The van der Waals surface area contributed by atoms with Crippen LogP contribution in [0.25, 0.3) is 0 Å². The molecule has 0 saturated heterocycles. The summed E-state index contributed by atoms with van der Waals surface area (Å²) in [6.45, 7) is 1.88. The number of nitrogens with two attached hydrogens (primary N) is 1. The van der Waals surface area contributed by atoms with Gasteiger partial charge in [0, 0.05) is 11.8 Å². The van der Waals surface area contributed by atoms with E-state index in [-0.39, 0.29) is 18.8 Å². The summed E-state index contributed by atoms with van der Waals surface area (Å²) in [4.78, 5) is 15.0. The molecule has 106 valence electrons. The molecule has 1 rings (SSSR count). The second-order valence-corrected chi connectivity index (χ2v) is 3.88. The lowest BCUT2D eigenvalue weighted by atomic mass is 10.0. The second-order valence-electron chi connectivity index (χ2n) is 3.88. The van der Waals surface area contributed by atoms with Crippen LogP contribution >= 0.6 is 0 Å². The van der Waals surface area contributed by atoms with E-state index in [0.29, 0.717) is 11.3 Å². The van der Waals surface area contributed by atoms with E-state index >= 15 is 0 Å². The molecule has 1 heterocycles. The first-order chi connectivity index (χ1) is 8.99. The van der Waals surface area contributed by atoms with Gasteiger partial charge >= 0.3 is 5.97 Å². The number of carbonyl (C=O) groups is 1. The van der Waals surface area contributed by atoms with Crippen molar-refractivity contribution in [1.82, 2.24) is 4.98 Å². The van der Waals surface area contributed by atoms with E-state index in [9.17, 15) is 15.0 Å². The second kappa shape index (κ2) is 6.91. The molecule has 0 aromatic carbocycles. The number of ether oxygens (including phenoxy) is 2. The van der Waals surface area contributed by atoms with Crippen LogP contribution in [0.3, 0.4) is 0 Å². The molecule has 0 spiro atoms. The number of aromatic nitrogens is 1. The van der Waals surface area contributed by atoms with Gasteiger partial charge in [0.15, 0.2) is 11.6 Å². The van der Waals surface area contributed by atoms with E-state index in [1.54, 1.807) is 6.92 Å². The lowest BCUT2D eigenvalue weighted by Crippen LogP contribution is -2.23. The maximum Gasteiger partial charge on any atom is 0.308 e. The fraction of sp³-hybridized carbons (Fsp3) is 0.500. The lowest BCUT2D eigenvalue weighted by Gasteiger charge is -2.18. The quantitative estimate of drug-likeness (QED) is 0.624. The Bertz CT molecular complexity index is 438. The van der Waals surface area contributed by atoms with Crippen molar-refractivity contribution >= 4 is 11.8 Å². The van der Waals surface area contributed by atoms with E-state index in [0.717, 1.165) is 0 Å². The number of methoxy groups -OCH3 is 1. The maximum absolute atomic E-state index is 11.2. The van der Waals surface area contributed by atoms with Crippen LogP contribution in [0.4, 0.5) is 5.82 Å². The molecule has 1 aromatic rings. The molecule has 7 heteroatoms. The third-order valence-corrected chi connectivity index (χ3v) is 2.51. The Hall–Kier alpha value is -1.86. The van der Waals surface area contributed by atoms with Crippen LogP contribution < -0.4 is 10.5 Å². The number of carbonyl (C=O) groups excluding carboxylic acids is 1. The smallest absolute Gasteiger partial charge is 0.308 e. The van der Waals surface area contributed by atoms with Crippen molar-refractivity contribution in [2.24, 2.45) is 0 Å². The molecule has 0 aliphatic carbocycles. The number of rotatable bonds is 6. The molecule has 0 bridgehead atoms. The summed E-state index contributed by atoms with van der Waals surface area (Å²) in [5.41, 5.74) is 5.85. The Balaban J connectivity index is 2.76. The van der Waals surface area contributed by atoms with Gasteiger partial charge in [0.25, 0.3) is 0 Å². The zero-order valence-electron chi connectivity index (χ0n) is 10.9. The number of hydrogen-bond donors (Lipinski definition) is 3. The average Bonchev–Trinajstić information content (AvgIpc) is 2.38. The predicted molar refractivity (Wildman–Crippen MR) is 67.4 cm³/mol. The molecule has 7 nitrogen and oxygen atoms in total. The lowest BCUT2D eigenvalue weighted by molar-refractivity contribution is -0.147. The predicted octanol–water partition coefficient (Wildman–Crippen LogP) is 0.0199. The monoisotopic (exact) mass is 270 g/mol. The molecule has 0 aliphatic heterocycles. The van der Waals surface area contributed by atoms with Gasteiger partial charge in [-0.25, -0.2) is 4.98 Å². The van der Waals surface area contributed by atoms with Gasteiger partial charge in [-0.15, -0.1) is 0 Å². The first kappa shape index (κ1) is 15.2. The van der Waals surface area contributed by atoms with Crippen molar-refractivity contribution in [2.75, 3.05) is 19.5 Å². The Morgan fingerprint density at radius 1 is 1.53 bits per heavy atom. The normalized spacial score (nSPS) is 13.7. The first-order valence-electron chi connectivity index (χ1n) is 5.80. The molecule has 0 amide bonds. The maximum atomic E-state index is 11.2. The van der Waals surface area contributed by atoms with Gasteiger partial charge in [-0.3, -0.25) is 4.79 Å². The third kappa shape index (κ3) is 4.08. The molecule has 0 saturated carbocycles. The zero-order valence-corrected chi connectivity index (χ0v) is 10.9. The van der Waals surface area contributed by atoms with Crippen molar-refractivity contribution < 1.29 is 24.5 Å². The van der Waals surface area contributed by atoms with Crippen molar-refractivity contribution in [3.8, 4) is 5.75 Å². The van der Waals surface area contributed by atoms with Crippen LogP contribution in [0.1, 0.15) is 25.0 Å². The standard InChI is InChI=1S/C12H18N2O5/c1-3-19-10(16)5-8(15)11(17)7-4-9(18-2)12(13)14-6-7/h4,6,8,11,15,17H,3,5H2,1-2H3,(H2,13,14). The molecule has 1 aromatic heterocycles. The number of anilines is 1. The van der Waals surface area contributed by atoms with Crippen molar-refractivity contribution in [2.45, 2.75) is 25.6 Å². The van der Waals surface area contributed by atoms with Gasteiger partial charge in [-0.1, -0.05) is 0 Å². The van der Waals surface area contributed by atoms with E-state index in [1.165, 1.54) is 19.4 Å². The molecule has 19 heavy (non-hydrogen) atoms. The van der Waals surface area contributed by atoms with Gasteiger partial charge in [-0.05, 0) is 13.0 Å². The minimum absolute atomic E-state index is 0.179. The molecule has 2 unspecified atom stereocenters. The van der Waals surface area contributed by atoms with Crippen LogP contribution in [0, 0.1) is 0 Å². The number of esters is 1. The fourth-order valence-corrected chi connectivity index (χ4v) is 1.52. The SMILES string of the molecule is CCOC(=O)CC(O)C(O)c1cnc(N)c(OC)c1. The van der Waals surface area contributed by atoms with Crippen LogP contribution in [-0.4, -0.2) is 41.0 Å². The summed E-state index contributed by atoms with van der Waals surface area (Å²) in [5.74, 6) is -0.109. The van der Waals surface area contributed by atoms with E-state index in [2.05, 4.69) is 4.98 Å². The molecular weight excluding hydrogens is 252 g/mol. The Kier molecular flexibility index (Phi) is 5.53. The Morgan fingerprint density at radius 3 is 2.79 bits per heavy atom. The molecular formula is C12H18N2O5. The molecule has 2 atom stereocenters. The highest BCUT2D eigenvalue weighted by Crippen LogP contribution is 2.25. The van der Waals surface area contributed by atoms with Gasteiger partial charge in [-0.2, -0.15) is 0 Å². The molecule has 0 aliphatic rings. The largest absolute Gasteiger partial charge is 0.493 e. The number of pyridine rings is 1. The van der Waals surface area contributed by atoms with Crippen LogP contribution in [0.2, 0.25) is 0 Å². The third-order valence-electron chi connectivity index (χ3n) is 2.51. The highest BCUT2D eigenvalue weighted by molar-refractivity contribution is 5.70. The Labute approximate surface area is 111 Å². The minimum Gasteiger partial charge on any atom is -0.493 e. The van der Waals surface area contributed by atoms with Crippen LogP contribution in [-0.2, 0) is 9.53 Å². The molecule has 4 N–H and O–H groups in total. The Morgan fingerprint density at radius 2 is 2.21 bits per heavy atom. The fourth-order valence-electron chi connectivity index (χ4n) is 1.52. The summed E-state index contributed by atoms with van der Waals surface area (Å²) in [7, 11) is 1.42. The first-order valence-corrected chi connectivity index (χ1v) is 5.80. The van der Waals surface area contributed by atoms with Crippen molar-refractivity contribution in [1.29, 1.82) is 0 Å². The van der Waals surface area contributed by atoms with Crippen molar-refractivity contribution in [3.63, 3.8) is 0 Å². The van der Waals surface area contributed by atoms with Crippen molar-refractivity contribution in [3.05, 3.63) is 17.8 Å². The van der Waals surface area contributed by atoms with Crippen LogP contribution in [0.5, 0.6) is 5.75 Å². The number of nitrogens with zero attached hydrogens (tertiary/aromatic N) is 1. The number of nitrogen functional groups attached to an aromatic ring is 1. The highest BCUT2D eigenvalue weighted by Gasteiger charge is 2.23. The van der Waals surface area contributed by atoms with Gasteiger partial charge < -0.3 is 25.4 Å². The summed E-state index contributed by atoms with van der Waals surface area (Å²) < 4.78 is 9.66. The number of aliphatic hydroxyl groups excluding tert-OH is 2. The number of hydrogen-bond acceptors (Lipinski definition) is 7. The zero-order chi connectivity index (χ0) is 14.4. The van der Waals surface area contributed by atoms with Gasteiger partial charge in [0.2, 0.25) is 0 Å². The summed E-state index contributed by atoms with van der Waals surface area (Å²) in [6.07, 6.45) is -1.54. The van der Waals surface area contributed by atoms with Gasteiger partial charge in [0.1, 0.15) is 6.10 Å². The molecule has 0 fully saturated rings. The average molecular weight is 270 g/mol. The highest BCUT2D eigenvalue weighted by atomic mass is 16.5. The summed E-state index contributed by atoms with van der Waals surface area (Å²) in [5, 5.41) is 19.7. The summed E-state index contributed by atoms with van der Waals surface area (Å²) >= 11 is 0. The minimum atomic E-state index is -1.28.